The molecule has 0 unspecified atom stereocenters. The second-order valence-corrected chi connectivity index (χ2v) is 4.70. The average Bonchev–Trinajstić information content (AvgIpc) is 1.84. The normalized spacial score (nSPS) is 11.5. The van der Waals surface area contributed by atoms with Crippen molar-refractivity contribution in [1.29, 1.82) is 0 Å². The van der Waals surface area contributed by atoms with E-state index in [2.05, 4.69) is 0 Å². The fraction of sp³-hybridized carbons (Fsp3) is 0.833. The molecule has 0 atom stereocenters. The number of hydrogen-bond donors (Lipinski definition) is 1. The van der Waals surface area contributed by atoms with E-state index in [0.717, 1.165) is 0 Å². The third-order valence-electron chi connectivity index (χ3n) is 1.19. The van der Waals surface area contributed by atoms with Crippen LogP contribution in [-0.2, 0) is 14.6 Å². The van der Waals surface area contributed by atoms with Gasteiger partial charge in [0.1, 0.15) is 5.78 Å². The zero-order valence-corrected chi connectivity index (χ0v) is 7.36. The van der Waals surface area contributed by atoms with Crippen molar-refractivity contribution in [2.45, 2.75) is 13.3 Å². The van der Waals surface area contributed by atoms with Crippen LogP contribution < -0.4 is 5.73 Å². The first-order valence-corrected chi connectivity index (χ1v) is 5.20. The molecular weight excluding hydrogens is 166 g/mol. The molecule has 2 N–H and O–H groups in total. The summed E-state index contributed by atoms with van der Waals surface area (Å²) in [6, 6.07) is 0. The van der Waals surface area contributed by atoms with E-state index < -0.39 is 9.84 Å². The summed E-state index contributed by atoms with van der Waals surface area (Å²) < 4.78 is 21.8. The Morgan fingerprint density at radius 2 is 1.91 bits per heavy atom. The summed E-state index contributed by atoms with van der Waals surface area (Å²) in [5.74, 6) is -0.203. The molecule has 0 aliphatic carbocycles. The van der Waals surface area contributed by atoms with Crippen molar-refractivity contribution in [1.82, 2.24) is 0 Å². The van der Waals surface area contributed by atoms with Crippen molar-refractivity contribution in [3.63, 3.8) is 0 Å². The van der Waals surface area contributed by atoms with E-state index in [-0.39, 0.29) is 30.3 Å². The van der Waals surface area contributed by atoms with Crippen molar-refractivity contribution >= 4 is 15.6 Å². The van der Waals surface area contributed by atoms with Gasteiger partial charge in [0.05, 0.1) is 11.5 Å². The smallest absolute Gasteiger partial charge is 0.151 e. The van der Waals surface area contributed by atoms with Gasteiger partial charge in [0.15, 0.2) is 9.84 Å². The molecule has 0 heterocycles. The van der Waals surface area contributed by atoms with Gasteiger partial charge in [-0.2, -0.15) is 0 Å². The zero-order chi connectivity index (χ0) is 8.91. The van der Waals surface area contributed by atoms with Crippen molar-refractivity contribution in [2.24, 2.45) is 5.73 Å². The number of rotatable bonds is 5. The molecule has 0 spiro atoms. The van der Waals surface area contributed by atoms with Gasteiger partial charge in [0, 0.05) is 13.0 Å². The molecule has 5 heteroatoms. The van der Waals surface area contributed by atoms with Crippen molar-refractivity contribution < 1.29 is 13.2 Å². The van der Waals surface area contributed by atoms with Gasteiger partial charge in [-0.05, 0) is 6.92 Å². The summed E-state index contributed by atoms with van der Waals surface area (Å²) in [4.78, 5) is 10.4. The molecule has 0 saturated carbocycles. The number of nitrogens with two attached hydrogens (primary N) is 1. The van der Waals surface area contributed by atoms with E-state index in [4.69, 9.17) is 5.73 Å². The molecular formula is C6H13NO3S. The van der Waals surface area contributed by atoms with Gasteiger partial charge in [-0.15, -0.1) is 0 Å². The van der Waals surface area contributed by atoms with Crippen molar-refractivity contribution in [3.8, 4) is 0 Å². The highest BCUT2D eigenvalue weighted by molar-refractivity contribution is 7.91. The molecule has 0 aromatic rings. The lowest BCUT2D eigenvalue weighted by molar-refractivity contribution is -0.116. The van der Waals surface area contributed by atoms with Crippen LogP contribution in [0.15, 0.2) is 0 Å². The minimum atomic E-state index is -3.07. The largest absolute Gasteiger partial charge is 0.329 e. The third kappa shape index (κ3) is 6.00. The van der Waals surface area contributed by atoms with Crippen molar-refractivity contribution in [3.05, 3.63) is 0 Å². The Hall–Kier alpha value is -0.420. The van der Waals surface area contributed by atoms with E-state index in [1.54, 1.807) is 0 Å². The number of carbonyl (C=O) groups excluding carboxylic acids is 1. The Kier molecular flexibility index (Phi) is 4.29. The first kappa shape index (κ1) is 10.6. The summed E-state index contributed by atoms with van der Waals surface area (Å²) >= 11 is 0. The van der Waals surface area contributed by atoms with E-state index in [9.17, 15) is 13.2 Å². The van der Waals surface area contributed by atoms with Crippen LogP contribution in [0.3, 0.4) is 0 Å². The molecule has 0 bridgehead atoms. The zero-order valence-electron chi connectivity index (χ0n) is 6.54. The molecule has 0 aromatic heterocycles. The van der Waals surface area contributed by atoms with Gasteiger partial charge in [-0.25, -0.2) is 8.42 Å². The SMILES string of the molecule is CC(=O)CCS(=O)(=O)CCN. The Morgan fingerprint density at radius 1 is 1.36 bits per heavy atom. The summed E-state index contributed by atoms with van der Waals surface area (Å²) in [6.07, 6.45) is 0.0995. The number of carbonyl (C=O) groups is 1. The van der Waals surface area contributed by atoms with Gasteiger partial charge in [0.2, 0.25) is 0 Å². The van der Waals surface area contributed by atoms with Gasteiger partial charge in [0.25, 0.3) is 0 Å². The summed E-state index contributed by atoms with van der Waals surface area (Å²) in [5.41, 5.74) is 5.06. The van der Waals surface area contributed by atoms with Gasteiger partial charge in [-0.1, -0.05) is 0 Å². The molecule has 0 fully saturated rings. The standard InChI is InChI=1S/C6H13NO3S/c1-6(8)2-4-11(9,10)5-3-7/h2-5,7H2,1H3. The molecule has 0 aliphatic rings. The maximum absolute atomic E-state index is 10.9. The molecule has 0 amide bonds. The molecule has 0 rings (SSSR count). The number of hydrogen-bond acceptors (Lipinski definition) is 4. The summed E-state index contributed by atoms with van der Waals surface area (Å²) in [5, 5.41) is 0. The van der Waals surface area contributed by atoms with Crippen LogP contribution in [-0.4, -0.2) is 32.3 Å². The minimum Gasteiger partial charge on any atom is -0.329 e. The lowest BCUT2D eigenvalue weighted by atomic mass is 10.4. The fourth-order valence-electron chi connectivity index (χ4n) is 0.581. The van der Waals surface area contributed by atoms with Gasteiger partial charge < -0.3 is 5.73 Å². The summed E-state index contributed by atoms with van der Waals surface area (Å²) in [6.45, 7) is 1.50. The van der Waals surface area contributed by atoms with Gasteiger partial charge >= 0.3 is 0 Å². The second kappa shape index (κ2) is 4.46. The Morgan fingerprint density at radius 3 is 2.27 bits per heavy atom. The predicted octanol–water partition coefficient (Wildman–Crippen LogP) is -0.661. The average molecular weight is 179 g/mol. The second-order valence-electron chi connectivity index (χ2n) is 2.39. The predicted molar refractivity (Wildman–Crippen MR) is 43.0 cm³/mol. The highest BCUT2D eigenvalue weighted by Gasteiger charge is 2.09. The maximum Gasteiger partial charge on any atom is 0.151 e. The van der Waals surface area contributed by atoms with E-state index in [1.807, 2.05) is 0 Å². The minimum absolute atomic E-state index is 0.0275. The molecule has 0 saturated heterocycles. The first-order valence-electron chi connectivity index (χ1n) is 3.38. The molecule has 0 aliphatic heterocycles. The van der Waals surface area contributed by atoms with Crippen LogP contribution >= 0.6 is 0 Å². The van der Waals surface area contributed by atoms with Crippen LogP contribution in [0.4, 0.5) is 0 Å². The van der Waals surface area contributed by atoms with E-state index in [0.29, 0.717) is 0 Å². The lowest BCUT2D eigenvalue weighted by Gasteiger charge is -1.98. The Labute approximate surface area is 66.7 Å². The van der Waals surface area contributed by atoms with Crippen molar-refractivity contribution in [2.75, 3.05) is 18.1 Å². The maximum atomic E-state index is 10.9. The number of sulfone groups is 1. The molecule has 0 aromatic carbocycles. The Bertz CT molecular complexity index is 220. The molecule has 11 heavy (non-hydrogen) atoms. The fourth-order valence-corrected chi connectivity index (χ4v) is 1.74. The highest BCUT2D eigenvalue weighted by atomic mass is 32.2. The first-order chi connectivity index (χ1) is 4.98. The Balaban J connectivity index is 3.84. The van der Waals surface area contributed by atoms with Gasteiger partial charge in [-0.3, -0.25) is 4.79 Å². The van der Waals surface area contributed by atoms with Crippen LogP contribution in [0.2, 0.25) is 0 Å². The highest BCUT2D eigenvalue weighted by Crippen LogP contribution is 1.93. The van der Waals surface area contributed by atoms with Crippen LogP contribution in [0, 0.1) is 0 Å². The van der Waals surface area contributed by atoms with Crippen LogP contribution in [0.25, 0.3) is 0 Å². The molecule has 4 nitrogen and oxygen atoms in total. The third-order valence-corrected chi connectivity index (χ3v) is 2.88. The lowest BCUT2D eigenvalue weighted by Crippen LogP contribution is -2.19. The number of ketones is 1. The molecule has 66 valence electrons. The monoisotopic (exact) mass is 179 g/mol. The van der Waals surface area contributed by atoms with E-state index in [1.165, 1.54) is 6.92 Å². The summed E-state index contributed by atoms with van der Waals surface area (Å²) in [7, 11) is -3.07. The van der Waals surface area contributed by atoms with Crippen LogP contribution in [0.1, 0.15) is 13.3 Å². The number of Topliss-reactive ketones (excluding diaryl/α,β-unsaturated/α-hetero) is 1. The van der Waals surface area contributed by atoms with Crippen LogP contribution in [0.5, 0.6) is 0 Å². The van der Waals surface area contributed by atoms with E-state index >= 15 is 0 Å². The molecule has 0 radical (unpaired) electrons. The topological polar surface area (TPSA) is 77.2 Å². The quantitative estimate of drug-likeness (QED) is 0.607.